The van der Waals surface area contributed by atoms with Gasteiger partial charge in [0.15, 0.2) is 0 Å². The fourth-order valence-corrected chi connectivity index (χ4v) is 2.99. The van der Waals surface area contributed by atoms with Crippen LogP contribution >= 0.6 is 31.9 Å². The minimum atomic E-state index is 0.469. The summed E-state index contributed by atoms with van der Waals surface area (Å²) in [5.41, 5.74) is 3.11. The topological polar surface area (TPSA) is 39.1 Å². The van der Waals surface area contributed by atoms with E-state index in [1.807, 2.05) is 37.8 Å². The predicted octanol–water partition coefficient (Wildman–Crippen LogP) is 3.55. The van der Waals surface area contributed by atoms with Crippen molar-refractivity contribution >= 4 is 31.9 Å². The Balaban J connectivity index is 2.22. The molecule has 4 nitrogen and oxygen atoms in total. The molecule has 0 atom stereocenters. The zero-order valence-electron chi connectivity index (χ0n) is 11.7. The summed E-state index contributed by atoms with van der Waals surface area (Å²) in [5.74, 6) is 0.868. The second-order valence-corrected chi connectivity index (χ2v) is 6.16. The normalized spacial score (nSPS) is 10.8. The van der Waals surface area contributed by atoms with Gasteiger partial charge in [0.1, 0.15) is 12.4 Å². The van der Waals surface area contributed by atoms with Crippen LogP contribution in [0.5, 0.6) is 5.75 Å². The molecule has 0 spiro atoms. The van der Waals surface area contributed by atoms with Crippen LogP contribution in [0, 0.1) is 6.92 Å². The van der Waals surface area contributed by atoms with E-state index in [0.717, 1.165) is 38.2 Å². The van der Waals surface area contributed by atoms with Crippen LogP contribution in [0.2, 0.25) is 0 Å². The van der Waals surface area contributed by atoms with E-state index in [4.69, 9.17) is 4.74 Å². The predicted molar refractivity (Wildman–Crippen MR) is 86.9 cm³/mol. The number of aromatic nitrogens is 2. The van der Waals surface area contributed by atoms with E-state index >= 15 is 0 Å². The summed E-state index contributed by atoms with van der Waals surface area (Å²) >= 11 is 7.10. The maximum absolute atomic E-state index is 6.00. The van der Waals surface area contributed by atoms with Gasteiger partial charge in [-0.3, -0.25) is 4.68 Å². The number of nitrogens with zero attached hydrogens (tertiary/aromatic N) is 2. The van der Waals surface area contributed by atoms with Gasteiger partial charge in [-0.1, -0.05) is 12.1 Å². The Labute approximate surface area is 135 Å². The van der Waals surface area contributed by atoms with E-state index in [2.05, 4.69) is 48.3 Å². The average molecular weight is 403 g/mol. The number of benzene rings is 1. The monoisotopic (exact) mass is 401 g/mol. The van der Waals surface area contributed by atoms with Crippen LogP contribution in [0.4, 0.5) is 0 Å². The van der Waals surface area contributed by atoms with Gasteiger partial charge in [-0.05, 0) is 51.9 Å². The molecule has 0 aliphatic rings. The highest BCUT2D eigenvalue weighted by atomic mass is 79.9. The quantitative estimate of drug-likeness (QED) is 0.831. The molecule has 1 heterocycles. The fourth-order valence-electron chi connectivity index (χ4n) is 2.02. The Bertz CT molecular complexity index is 611. The maximum atomic E-state index is 6.00. The van der Waals surface area contributed by atoms with Crippen molar-refractivity contribution in [1.82, 2.24) is 15.1 Å². The number of para-hydroxylation sites is 1. The molecule has 0 amide bonds. The highest BCUT2D eigenvalue weighted by Crippen LogP contribution is 2.31. The van der Waals surface area contributed by atoms with E-state index in [1.165, 1.54) is 0 Å². The summed E-state index contributed by atoms with van der Waals surface area (Å²) in [5, 5.41) is 7.52. The summed E-state index contributed by atoms with van der Waals surface area (Å²) in [4.78, 5) is 0. The molecule has 0 unspecified atom stereocenters. The molecule has 0 saturated carbocycles. The van der Waals surface area contributed by atoms with E-state index in [1.54, 1.807) is 0 Å². The largest absolute Gasteiger partial charge is 0.486 e. The molecule has 2 rings (SSSR count). The lowest BCUT2D eigenvalue weighted by molar-refractivity contribution is 0.288. The van der Waals surface area contributed by atoms with Crippen molar-refractivity contribution in [3.8, 4) is 5.75 Å². The third-order valence-electron chi connectivity index (χ3n) is 3.03. The molecule has 0 aliphatic heterocycles. The molecule has 0 aliphatic carbocycles. The minimum Gasteiger partial charge on any atom is -0.486 e. The molecule has 1 aromatic carbocycles. The van der Waals surface area contributed by atoms with Gasteiger partial charge in [-0.25, -0.2) is 0 Å². The first-order valence-electron chi connectivity index (χ1n) is 6.27. The van der Waals surface area contributed by atoms with Crippen molar-refractivity contribution in [3.63, 3.8) is 0 Å². The van der Waals surface area contributed by atoms with Crippen LogP contribution in [-0.4, -0.2) is 16.8 Å². The molecule has 108 valence electrons. The van der Waals surface area contributed by atoms with Gasteiger partial charge < -0.3 is 10.1 Å². The van der Waals surface area contributed by atoms with Crippen molar-refractivity contribution in [1.29, 1.82) is 0 Å². The van der Waals surface area contributed by atoms with Crippen LogP contribution < -0.4 is 10.1 Å². The lowest BCUT2D eigenvalue weighted by atomic mass is 10.2. The molecule has 0 fully saturated rings. The third kappa shape index (κ3) is 3.24. The standard InChI is InChI=1S/C14H17Br2N3O/c1-9-13(16)12(19(3)18-9)8-20-14-10(7-17-2)5-4-6-11(14)15/h4-6,17H,7-8H2,1-3H3. The van der Waals surface area contributed by atoms with Crippen molar-refractivity contribution in [2.75, 3.05) is 7.05 Å². The lowest BCUT2D eigenvalue weighted by Gasteiger charge is -2.13. The number of aryl methyl sites for hydroxylation is 2. The third-order valence-corrected chi connectivity index (χ3v) is 4.69. The van der Waals surface area contributed by atoms with Crippen LogP contribution in [-0.2, 0) is 20.2 Å². The first-order valence-corrected chi connectivity index (χ1v) is 7.86. The van der Waals surface area contributed by atoms with E-state index < -0.39 is 0 Å². The summed E-state index contributed by atoms with van der Waals surface area (Å²) in [7, 11) is 3.84. The van der Waals surface area contributed by atoms with Crippen LogP contribution in [0.1, 0.15) is 17.0 Å². The molecular formula is C14H17Br2N3O. The second kappa shape index (κ2) is 6.74. The van der Waals surface area contributed by atoms with Crippen molar-refractivity contribution in [2.24, 2.45) is 7.05 Å². The van der Waals surface area contributed by atoms with Gasteiger partial charge in [-0.2, -0.15) is 5.10 Å². The summed E-state index contributed by atoms with van der Waals surface area (Å²) in [6.07, 6.45) is 0. The Kier molecular flexibility index (Phi) is 5.23. The second-order valence-electron chi connectivity index (χ2n) is 4.52. The highest BCUT2D eigenvalue weighted by Gasteiger charge is 2.13. The van der Waals surface area contributed by atoms with E-state index in [9.17, 15) is 0 Å². The Morgan fingerprint density at radius 1 is 1.35 bits per heavy atom. The van der Waals surface area contributed by atoms with Crippen LogP contribution in [0.3, 0.4) is 0 Å². The number of ether oxygens (including phenoxy) is 1. The van der Waals surface area contributed by atoms with Gasteiger partial charge in [0.25, 0.3) is 0 Å². The number of rotatable bonds is 5. The lowest BCUT2D eigenvalue weighted by Crippen LogP contribution is -2.09. The highest BCUT2D eigenvalue weighted by molar-refractivity contribution is 9.10. The Morgan fingerprint density at radius 2 is 2.10 bits per heavy atom. The molecule has 6 heteroatoms. The van der Waals surface area contributed by atoms with Crippen molar-refractivity contribution in [3.05, 3.63) is 44.1 Å². The number of halogens is 2. The SMILES string of the molecule is CNCc1cccc(Br)c1OCc1c(Br)c(C)nn1C. The Hall–Kier alpha value is -0.850. The molecule has 20 heavy (non-hydrogen) atoms. The molecule has 0 bridgehead atoms. The van der Waals surface area contributed by atoms with Gasteiger partial charge in [0.2, 0.25) is 0 Å². The van der Waals surface area contributed by atoms with Crippen molar-refractivity contribution < 1.29 is 4.74 Å². The molecule has 1 N–H and O–H groups in total. The van der Waals surface area contributed by atoms with Crippen LogP contribution in [0.15, 0.2) is 27.1 Å². The van der Waals surface area contributed by atoms with Gasteiger partial charge in [0.05, 0.1) is 20.3 Å². The summed E-state index contributed by atoms with van der Waals surface area (Å²) in [6, 6.07) is 6.05. The zero-order chi connectivity index (χ0) is 14.7. The fraction of sp³-hybridized carbons (Fsp3) is 0.357. The van der Waals surface area contributed by atoms with E-state index in [-0.39, 0.29) is 0 Å². The molecule has 0 radical (unpaired) electrons. The van der Waals surface area contributed by atoms with Gasteiger partial charge >= 0.3 is 0 Å². The summed E-state index contributed by atoms with van der Waals surface area (Å²) < 4.78 is 9.81. The minimum absolute atomic E-state index is 0.469. The van der Waals surface area contributed by atoms with Crippen molar-refractivity contribution in [2.45, 2.75) is 20.1 Å². The molecule has 0 saturated heterocycles. The smallest absolute Gasteiger partial charge is 0.138 e. The molecule has 2 aromatic rings. The van der Waals surface area contributed by atoms with Gasteiger partial charge in [0, 0.05) is 19.2 Å². The molecule has 1 aromatic heterocycles. The summed E-state index contributed by atoms with van der Waals surface area (Å²) in [6.45, 7) is 3.20. The number of hydrogen-bond donors (Lipinski definition) is 1. The maximum Gasteiger partial charge on any atom is 0.138 e. The molecular weight excluding hydrogens is 386 g/mol. The Morgan fingerprint density at radius 3 is 2.70 bits per heavy atom. The zero-order valence-corrected chi connectivity index (χ0v) is 14.9. The van der Waals surface area contributed by atoms with E-state index in [0.29, 0.717) is 6.61 Å². The average Bonchev–Trinajstić information content (AvgIpc) is 2.64. The van der Waals surface area contributed by atoms with Gasteiger partial charge in [-0.15, -0.1) is 0 Å². The van der Waals surface area contributed by atoms with Crippen LogP contribution in [0.25, 0.3) is 0 Å². The first kappa shape index (κ1) is 15.5. The first-order chi connectivity index (χ1) is 9.54. The number of hydrogen-bond acceptors (Lipinski definition) is 3. The number of nitrogens with one attached hydrogen (secondary N) is 1.